The van der Waals surface area contributed by atoms with Gasteiger partial charge >= 0.3 is 0 Å². The SMILES string of the molecule is Cc1cccc(CC(=O)N2CCN(CCN3CCOCC3)CC2)c1. The molecule has 2 saturated heterocycles. The molecule has 0 atom stereocenters. The number of benzene rings is 1. The van der Waals surface area contributed by atoms with Gasteiger partial charge in [-0.25, -0.2) is 0 Å². The van der Waals surface area contributed by atoms with Crippen molar-refractivity contribution in [3.05, 3.63) is 35.4 Å². The van der Waals surface area contributed by atoms with Crippen LogP contribution in [0, 0.1) is 6.92 Å². The van der Waals surface area contributed by atoms with Gasteiger partial charge in [0.1, 0.15) is 0 Å². The first kappa shape index (κ1) is 17.4. The summed E-state index contributed by atoms with van der Waals surface area (Å²) in [6, 6.07) is 8.25. The van der Waals surface area contributed by atoms with Gasteiger partial charge in [0, 0.05) is 52.4 Å². The lowest BCUT2D eigenvalue weighted by molar-refractivity contribution is -0.132. The molecule has 0 saturated carbocycles. The fourth-order valence-electron chi connectivity index (χ4n) is 3.44. The van der Waals surface area contributed by atoms with Crippen molar-refractivity contribution in [3.8, 4) is 0 Å². The van der Waals surface area contributed by atoms with Crippen molar-refractivity contribution in [2.75, 3.05) is 65.6 Å². The second kappa shape index (κ2) is 8.60. The molecule has 0 N–H and O–H groups in total. The predicted octanol–water partition coefficient (Wildman–Crippen LogP) is 1.01. The molecule has 1 aromatic rings. The zero-order chi connectivity index (χ0) is 16.8. The van der Waals surface area contributed by atoms with Crippen molar-refractivity contribution in [3.63, 3.8) is 0 Å². The Labute approximate surface area is 145 Å². The summed E-state index contributed by atoms with van der Waals surface area (Å²) in [5.74, 6) is 0.258. The van der Waals surface area contributed by atoms with Crippen LogP contribution in [0.1, 0.15) is 11.1 Å². The number of amides is 1. The zero-order valence-electron chi connectivity index (χ0n) is 14.7. The van der Waals surface area contributed by atoms with Crippen LogP contribution >= 0.6 is 0 Å². The average Bonchev–Trinajstić information content (AvgIpc) is 2.61. The number of hydrogen-bond acceptors (Lipinski definition) is 4. The van der Waals surface area contributed by atoms with Crippen LogP contribution in [0.3, 0.4) is 0 Å². The summed E-state index contributed by atoms with van der Waals surface area (Å²) in [6.07, 6.45) is 0.523. The van der Waals surface area contributed by atoms with Gasteiger partial charge < -0.3 is 9.64 Å². The summed E-state index contributed by atoms with van der Waals surface area (Å²) < 4.78 is 5.39. The highest BCUT2D eigenvalue weighted by Crippen LogP contribution is 2.09. The molecule has 5 nitrogen and oxygen atoms in total. The van der Waals surface area contributed by atoms with E-state index in [2.05, 4.69) is 28.9 Å². The maximum absolute atomic E-state index is 12.5. The highest BCUT2D eigenvalue weighted by Gasteiger charge is 2.21. The van der Waals surface area contributed by atoms with E-state index in [0.29, 0.717) is 6.42 Å². The minimum Gasteiger partial charge on any atom is -0.379 e. The van der Waals surface area contributed by atoms with E-state index in [1.807, 2.05) is 17.0 Å². The van der Waals surface area contributed by atoms with E-state index in [1.165, 1.54) is 5.56 Å². The van der Waals surface area contributed by atoms with Gasteiger partial charge in [-0.15, -0.1) is 0 Å². The number of piperazine rings is 1. The number of carbonyl (C=O) groups is 1. The standard InChI is InChI=1S/C19H29N3O2/c1-17-3-2-4-18(15-17)16-19(23)22-9-7-20(8-10-22)5-6-21-11-13-24-14-12-21/h2-4,15H,5-14,16H2,1H3. The smallest absolute Gasteiger partial charge is 0.227 e. The summed E-state index contributed by atoms with van der Waals surface area (Å²) in [4.78, 5) is 19.4. The maximum atomic E-state index is 12.5. The van der Waals surface area contributed by atoms with Crippen LogP contribution in [-0.2, 0) is 16.0 Å². The Hall–Kier alpha value is -1.43. The van der Waals surface area contributed by atoms with E-state index in [9.17, 15) is 4.79 Å². The molecular weight excluding hydrogens is 302 g/mol. The van der Waals surface area contributed by atoms with Crippen LogP contribution in [0.4, 0.5) is 0 Å². The van der Waals surface area contributed by atoms with Gasteiger partial charge in [0.05, 0.1) is 19.6 Å². The number of nitrogens with zero attached hydrogens (tertiary/aromatic N) is 3. The van der Waals surface area contributed by atoms with E-state index in [0.717, 1.165) is 71.1 Å². The molecule has 1 amide bonds. The van der Waals surface area contributed by atoms with Crippen LogP contribution in [0.5, 0.6) is 0 Å². The highest BCUT2D eigenvalue weighted by molar-refractivity contribution is 5.78. The molecule has 0 aromatic heterocycles. The summed E-state index contributed by atoms with van der Waals surface area (Å²) >= 11 is 0. The van der Waals surface area contributed by atoms with Crippen molar-refractivity contribution in [2.24, 2.45) is 0 Å². The molecule has 0 unspecified atom stereocenters. The first-order chi connectivity index (χ1) is 11.7. The minimum absolute atomic E-state index is 0.258. The van der Waals surface area contributed by atoms with Crippen molar-refractivity contribution in [2.45, 2.75) is 13.3 Å². The molecule has 1 aromatic carbocycles. The lowest BCUT2D eigenvalue weighted by Crippen LogP contribution is -2.51. The Bertz CT molecular complexity index is 535. The summed E-state index contributed by atoms with van der Waals surface area (Å²) in [7, 11) is 0. The van der Waals surface area contributed by atoms with Crippen LogP contribution in [-0.4, -0.2) is 86.2 Å². The lowest BCUT2D eigenvalue weighted by Gasteiger charge is -2.36. The van der Waals surface area contributed by atoms with Crippen molar-refractivity contribution < 1.29 is 9.53 Å². The average molecular weight is 331 g/mol. The van der Waals surface area contributed by atoms with Crippen LogP contribution < -0.4 is 0 Å². The van der Waals surface area contributed by atoms with Crippen molar-refractivity contribution in [1.29, 1.82) is 0 Å². The molecule has 3 rings (SSSR count). The topological polar surface area (TPSA) is 36.0 Å². The van der Waals surface area contributed by atoms with Gasteiger partial charge in [-0.3, -0.25) is 14.6 Å². The minimum atomic E-state index is 0.258. The maximum Gasteiger partial charge on any atom is 0.227 e. The van der Waals surface area contributed by atoms with E-state index < -0.39 is 0 Å². The van der Waals surface area contributed by atoms with E-state index in [1.54, 1.807) is 0 Å². The van der Waals surface area contributed by atoms with Gasteiger partial charge in [-0.1, -0.05) is 29.8 Å². The van der Waals surface area contributed by atoms with Crippen LogP contribution in [0.25, 0.3) is 0 Å². The first-order valence-corrected chi connectivity index (χ1v) is 9.06. The molecule has 0 radical (unpaired) electrons. The monoisotopic (exact) mass is 331 g/mol. The first-order valence-electron chi connectivity index (χ1n) is 9.06. The number of rotatable bonds is 5. The Morgan fingerprint density at radius 3 is 2.33 bits per heavy atom. The zero-order valence-corrected chi connectivity index (χ0v) is 14.7. The number of carbonyl (C=O) groups excluding carboxylic acids is 1. The third-order valence-electron chi connectivity index (χ3n) is 5.00. The molecule has 2 aliphatic heterocycles. The third-order valence-corrected chi connectivity index (χ3v) is 5.00. The van der Waals surface area contributed by atoms with E-state index in [4.69, 9.17) is 4.74 Å². The largest absolute Gasteiger partial charge is 0.379 e. The van der Waals surface area contributed by atoms with Crippen molar-refractivity contribution >= 4 is 5.91 Å². The predicted molar refractivity (Wildman–Crippen MR) is 95.2 cm³/mol. The third kappa shape index (κ3) is 5.03. The van der Waals surface area contributed by atoms with Gasteiger partial charge in [0.15, 0.2) is 0 Å². The quantitative estimate of drug-likeness (QED) is 0.807. The van der Waals surface area contributed by atoms with Gasteiger partial charge in [-0.05, 0) is 12.5 Å². The van der Waals surface area contributed by atoms with Crippen LogP contribution in [0.15, 0.2) is 24.3 Å². The number of morpholine rings is 1. The van der Waals surface area contributed by atoms with Gasteiger partial charge in [0.2, 0.25) is 5.91 Å². The molecule has 5 heteroatoms. The summed E-state index contributed by atoms with van der Waals surface area (Å²) in [6.45, 7) is 11.8. The summed E-state index contributed by atoms with van der Waals surface area (Å²) in [5, 5.41) is 0. The second-order valence-electron chi connectivity index (χ2n) is 6.84. The normalized spacial score (nSPS) is 20.3. The molecule has 2 fully saturated rings. The fourth-order valence-corrected chi connectivity index (χ4v) is 3.44. The number of ether oxygens (including phenoxy) is 1. The molecule has 132 valence electrons. The molecule has 0 spiro atoms. The Morgan fingerprint density at radius 1 is 1.00 bits per heavy atom. The molecule has 2 aliphatic rings. The van der Waals surface area contributed by atoms with E-state index >= 15 is 0 Å². The Morgan fingerprint density at radius 2 is 1.67 bits per heavy atom. The van der Waals surface area contributed by atoms with Crippen molar-refractivity contribution in [1.82, 2.24) is 14.7 Å². The van der Waals surface area contributed by atoms with Gasteiger partial charge in [0.25, 0.3) is 0 Å². The molecule has 0 bridgehead atoms. The number of aryl methyl sites for hydroxylation is 1. The molecule has 24 heavy (non-hydrogen) atoms. The van der Waals surface area contributed by atoms with Crippen LogP contribution in [0.2, 0.25) is 0 Å². The van der Waals surface area contributed by atoms with Gasteiger partial charge in [-0.2, -0.15) is 0 Å². The fraction of sp³-hybridized carbons (Fsp3) is 0.632. The lowest BCUT2D eigenvalue weighted by atomic mass is 10.1. The Kier molecular flexibility index (Phi) is 6.24. The molecule has 0 aliphatic carbocycles. The second-order valence-corrected chi connectivity index (χ2v) is 6.84. The summed E-state index contributed by atoms with van der Waals surface area (Å²) in [5.41, 5.74) is 2.34. The highest BCUT2D eigenvalue weighted by atomic mass is 16.5. The number of hydrogen-bond donors (Lipinski definition) is 0. The molecule has 2 heterocycles. The Balaban J connectivity index is 1.38. The molecular formula is C19H29N3O2. The van der Waals surface area contributed by atoms with E-state index in [-0.39, 0.29) is 5.91 Å².